The third-order valence-electron chi connectivity index (χ3n) is 3.73. The van der Waals surface area contributed by atoms with Gasteiger partial charge in [-0.05, 0) is 37.1 Å². The fourth-order valence-electron chi connectivity index (χ4n) is 2.74. The lowest BCUT2D eigenvalue weighted by molar-refractivity contribution is 0.136. The van der Waals surface area contributed by atoms with Crippen molar-refractivity contribution in [1.29, 1.82) is 0 Å². The molecule has 2 heterocycles. The highest BCUT2D eigenvalue weighted by Gasteiger charge is 2.23. The third kappa shape index (κ3) is 2.24. The molecule has 3 heteroatoms. The fraction of sp³-hybridized carbons (Fsp3) is 0.400. The van der Waals surface area contributed by atoms with E-state index in [2.05, 4.69) is 16.4 Å². The molecule has 18 heavy (non-hydrogen) atoms. The topological polar surface area (TPSA) is 45.2 Å². The number of hydrogen-bond acceptors (Lipinski definition) is 3. The molecule has 94 valence electrons. The molecule has 1 aliphatic rings. The highest BCUT2D eigenvalue weighted by Crippen LogP contribution is 2.20. The van der Waals surface area contributed by atoms with Crippen molar-refractivity contribution in [3.63, 3.8) is 0 Å². The average molecular weight is 242 g/mol. The molecule has 3 rings (SSSR count). The van der Waals surface area contributed by atoms with Crippen LogP contribution in [-0.4, -0.2) is 28.8 Å². The Balaban J connectivity index is 1.85. The summed E-state index contributed by atoms with van der Waals surface area (Å²) in [7, 11) is 0. The maximum Gasteiger partial charge on any atom is 0.0733 e. The predicted octanol–water partition coefficient (Wildman–Crippen LogP) is 1.89. The lowest BCUT2D eigenvalue weighted by Crippen LogP contribution is -2.36. The van der Waals surface area contributed by atoms with E-state index >= 15 is 0 Å². The van der Waals surface area contributed by atoms with Crippen LogP contribution >= 0.6 is 0 Å². The smallest absolute Gasteiger partial charge is 0.0733 e. The van der Waals surface area contributed by atoms with Crippen molar-refractivity contribution in [3.8, 4) is 0 Å². The molecule has 0 aliphatic carbocycles. The predicted molar refractivity (Wildman–Crippen MR) is 72.5 cm³/mol. The van der Waals surface area contributed by atoms with Crippen LogP contribution in [-0.2, 0) is 6.42 Å². The lowest BCUT2D eigenvalue weighted by Gasteiger charge is -2.18. The Kier molecular flexibility index (Phi) is 3.26. The van der Waals surface area contributed by atoms with Crippen molar-refractivity contribution in [1.82, 2.24) is 10.3 Å². The third-order valence-corrected chi connectivity index (χ3v) is 3.73. The van der Waals surface area contributed by atoms with Crippen molar-refractivity contribution in [2.24, 2.45) is 0 Å². The highest BCUT2D eigenvalue weighted by atomic mass is 16.3. The Morgan fingerprint density at radius 3 is 3.06 bits per heavy atom. The van der Waals surface area contributed by atoms with Gasteiger partial charge in [0.05, 0.1) is 11.6 Å². The van der Waals surface area contributed by atoms with Crippen molar-refractivity contribution in [3.05, 3.63) is 42.1 Å². The number of para-hydroxylation sites is 1. The summed E-state index contributed by atoms with van der Waals surface area (Å²) >= 11 is 0. The Labute approximate surface area is 107 Å². The minimum absolute atomic E-state index is 0.247. The number of pyridine rings is 1. The van der Waals surface area contributed by atoms with Gasteiger partial charge in [-0.2, -0.15) is 0 Å². The maximum atomic E-state index is 10.3. The molecule has 1 aromatic carbocycles. The maximum absolute atomic E-state index is 10.3. The molecule has 1 aliphatic heterocycles. The molecule has 0 radical (unpaired) electrons. The molecule has 0 bridgehead atoms. The summed E-state index contributed by atoms with van der Waals surface area (Å²) in [6, 6.07) is 10.4. The number of benzene rings is 1. The average Bonchev–Trinajstić information content (AvgIpc) is 2.93. The minimum atomic E-state index is -0.307. The SMILES string of the molecule is OC(Cc1ccnc2ccccc12)C1CCCN1. The lowest BCUT2D eigenvalue weighted by atomic mass is 9.98. The number of nitrogens with zero attached hydrogens (tertiary/aromatic N) is 1. The van der Waals surface area contributed by atoms with E-state index in [0.717, 1.165) is 23.9 Å². The van der Waals surface area contributed by atoms with E-state index in [1.807, 2.05) is 30.5 Å². The fourth-order valence-corrected chi connectivity index (χ4v) is 2.74. The summed E-state index contributed by atoms with van der Waals surface area (Å²) in [5, 5.41) is 14.8. The summed E-state index contributed by atoms with van der Waals surface area (Å²) in [5.41, 5.74) is 2.18. The van der Waals surface area contributed by atoms with E-state index < -0.39 is 0 Å². The van der Waals surface area contributed by atoms with E-state index in [0.29, 0.717) is 6.42 Å². The molecular formula is C15H18N2O. The van der Waals surface area contributed by atoms with Crippen molar-refractivity contribution in [2.45, 2.75) is 31.4 Å². The highest BCUT2D eigenvalue weighted by molar-refractivity contribution is 5.81. The zero-order valence-corrected chi connectivity index (χ0v) is 10.3. The van der Waals surface area contributed by atoms with Gasteiger partial charge in [-0.25, -0.2) is 0 Å². The number of fused-ring (bicyclic) bond motifs is 1. The van der Waals surface area contributed by atoms with Gasteiger partial charge in [0.2, 0.25) is 0 Å². The van der Waals surface area contributed by atoms with Crippen LogP contribution in [0.2, 0.25) is 0 Å². The quantitative estimate of drug-likeness (QED) is 0.864. The Morgan fingerprint density at radius 1 is 1.33 bits per heavy atom. The normalized spacial score (nSPS) is 21.3. The molecule has 1 fully saturated rings. The zero-order valence-electron chi connectivity index (χ0n) is 10.3. The van der Waals surface area contributed by atoms with Crippen molar-refractivity contribution < 1.29 is 5.11 Å². The van der Waals surface area contributed by atoms with Gasteiger partial charge < -0.3 is 10.4 Å². The van der Waals surface area contributed by atoms with Gasteiger partial charge >= 0.3 is 0 Å². The van der Waals surface area contributed by atoms with Gasteiger partial charge in [-0.3, -0.25) is 4.98 Å². The Bertz CT molecular complexity index is 530. The van der Waals surface area contributed by atoms with Gasteiger partial charge in [0.15, 0.2) is 0 Å². The van der Waals surface area contributed by atoms with Crippen LogP contribution in [0.15, 0.2) is 36.5 Å². The van der Waals surface area contributed by atoms with Crippen LogP contribution in [0.3, 0.4) is 0 Å². The van der Waals surface area contributed by atoms with Crippen molar-refractivity contribution in [2.75, 3.05) is 6.54 Å². The van der Waals surface area contributed by atoms with Crippen LogP contribution in [0.25, 0.3) is 10.9 Å². The van der Waals surface area contributed by atoms with E-state index in [-0.39, 0.29) is 12.1 Å². The van der Waals surface area contributed by atoms with E-state index in [1.165, 1.54) is 12.0 Å². The number of aliphatic hydroxyl groups is 1. The second-order valence-electron chi connectivity index (χ2n) is 4.96. The molecule has 0 spiro atoms. The summed E-state index contributed by atoms with van der Waals surface area (Å²) in [6.07, 6.45) is 4.45. The van der Waals surface area contributed by atoms with Gasteiger partial charge in [-0.15, -0.1) is 0 Å². The van der Waals surface area contributed by atoms with Crippen LogP contribution in [0.5, 0.6) is 0 Å². The largest absolute Gasteiger partial charge is 0.391 e. The summed E-state index contributed by atoms with van der Waals surface area (Å²) in [4.78, 5) is 4.35. The van der Waals surface area contributed by atoms with Gasteiger partial charge in [0, 0.05) is 24.0 Å². The first kappa shape index (κ1) is 11.6. The molecular weight excluding hydrogens is 224 g/mol. The number of aliphatic hydroxyl groups excluding tert-OH is 1. The summed E-state index contributed by atoms with van der Waals surface area (Å²) in [6.45, 7) is 1.03. The monoisotopic (exact) mass is 242 g/mol. The number of hydrogen-bond donors (Lipinski definition) is 2. The van der Waals surface area contributed by atoms with Gasteiger partial charge in [-0.1, -0.05) is 18.2 Å². The van der Waals surface area contributed by atoms with E-state index in [9.17, 15) is 5.11 Å². The molecule has 1 aromatic heterocycles. The molecule has 2 atom stereocenters. The van der Waals surface area contributed by atoms with Crippen LogP contribution in [0.4, 0.5) is 0 Å². The molecule has 2 N–H and O–H groups in total. The molecule has 2 unspecified atom stereocenters. The van der Waals surface area contributed by atoms with Crippen LogP contribution in [0, 0.1) is 0 Å². The molecule has 3 nitrogen and oxygen atoms in total. The van der Waals surface area contributed by atoms with Gasteiger partial charge in [0.1, 0.15) is 0 Å². The minimum Gasteiger partial charge on any atom is -0.391 e. The second kappa shape index (κ2) is 5.04. The van der Waals surface area contributed by atoms with E-state index in [4.69, 9.17) is 0 Å². The number of rotatable bonds is 3. The Hall–Kier alpha value is -1.45. The first-order chi connectivity index (χ1) is 8.84. The summed E-state index contributed by atoms with van der Waals surface area (Å²) in [5.74, 6) is 0. The number of aromatic nitrogens is 1. The second-order valence-corrected chi connectivity index (χ2v) is 4.96. The zero-order chi connectivity index (χ0) is 12.4. The first-order valence-electron chi connectivity index (χ1n) is 6.58. The molecule has 2 aromatic rings. The Morgan fingerprint density at radius 2 is 2.22 bits per heavy atom. The first-order valence-corrected chi connectivity index (χ1v) is 6.58. The summed E-state index contributed by atoms with van der Waals surface area (Å²) < 4.78 is 0. The number of nitrogens with one attached hydrogen (secondary N) is 1. The van der Waals surface area contributed by atoms with Gasteiger partial charge in [0.25, 0.3) is 0 Å². The van der Waals surface area contributed by atoms with Crippen molar-refractivity contribution >= 4 is 10.9 Å². The van der Waals surface area contributed by atoms with Crippen LogP contribution in [0.1, 0.15) is 18.4 Å². The molecule has 1 saturated heterocycles. The molecule has 0 amide bonds. The van der Waals surface area contributed by atoms with E-state index in [1.54, 1.807) is 0 Å². The molecule has 0 saturated carbocycles. The van der Waals surface area contributed by atoms with Crippen LogP contribution < -0.4 is 5.32 Å². The standard InChI is InChI=1S/C15H18N2O/c18-15(14-6-3-8-16-14)10-11-7-9-17-13-5-2-1-4-12(11)13/h1-2,4-5,7,9,14-16,18H,3,6,8,10H2.